The zero-order valence-corrected chi connectivity index (χ0v) is 12.1. The van der Waals surface area contributed by atoms with Crippen molar-refractivity contribution >= 4 is 11.4 Å². The molecule has 0 heterocycles. The molecule has 2 aromatic rings. The van der Waals surface area contributed by atoms with E-state index in [0.29, 0.717) is 0 Å². The lowest BCUT2D eigenvalue weighted by molar-refractivity contribution is 0.282. The Labute approximate surface area is 115 Å². The van der Waals surface area contributed by atoms with Gasteiger partial charge in [-0.1, -0.05) is 18.2 Å². The van der Waals surface area contributed by atoms with Gasteiger partial charge in [0.15, 0.2) is 0 Å². The number of aryl methyl sites for hydroxylation is 3. The number of benzene rings is 2. The van der Waals surface area contributed by atoms with Gasteiger partial charge in [0, 0.05) is 18.4 Å². The van der Waals surface area contributed by atoms with E-state index in [1.54, 1.807) is 0 Å². The van der Waals surface area contributed by atoms with E-state index in [4.69, 9.17) is 5.11 Å². The van der Waals surface area contributed by atoms with Crippen LogP contribution >= 0.6 is 0 Å². The third-order valence-electron chi connectivity index (χ3n) is 3.40. The van der Waals surface area contributed by atoms with Crippen LogP contribution in [-0.2, 0) is 6.61 Å². The molecule has 2 nitrogen and oxygen atoms in total. The third kappa shape index (κ3) is 2.96. The molecule has 1 N–H and O–H groups in total. The highest BCUT2D eigenvalue weighted by atomic mass is 16.3. The molecule has 100 valence electrons. The summed E-state index contributed by atoms with van der Waals surface area (Å²) in [5.74, 6) is 0. The molecule has 2 heteroatoms. The Morgan fingerprint density at radius 2 is 1.58 bits per heavy atom. The van der Waals surface area contributed by atoms with Crippen molar-refractivity contribution in [2.75, 3.05) is 11.9 Å². The molecule has 0 aromatic heterocycles. The molecule has 0 saturated heterocycles. The molecular weight excluding hydrogens is 234 g/mol. The maximum atomic E-state index is 9.17. The second-order valence-corrected chi connectivity index (χ2v) is 5.18. The van der Waals surface area contributed by atoms with Crippen LogP contribution in [0.2, 0.25) is 0 Å². The fraction of sp³-hybridized carbons (Fsp3) is 0.294. The summed E-state index contributed by atoms with van der Waals surface area (Å²) in [7, 11) is 2.08. The minimum absolute atomic E-state index is 0.0917. The fourth-order valence-electron chi connectivity index (χ4n) is 2.48. The Hall–Kier alpha value is -1.80. The van der Waals surface area contributed by atoms with Gasteiger partial charge in [-0.05, 0) is 61.2 Å². The molecule has 0 unspecified atom stereocenters. The molecule has 2 aromatic carbocycles. The zero-order valence-electron chi connectivity index (χ0n) is 12.1. The predicted molar refractivity (Wildman–Crippen MR) is 81.1 cm³/mol. The number of nitrogens with zero attached hydrogens (tertiary/aromatic N) is 1. The first-order valence-electron chi connectivity index (χ1n) is 6.53. The summed E-state index contributed by atoms with van der Waals surface area (Å²) in [5.41, 5.74) is 7.03. The lowest BCUT2D eigenvalue weighted by Crippen LogP contribution is -2.11. The molecule has 0 aliphatic rings. The van der Waals surface area contributed by atoms with E-state index in [2.05, 4.69) is 57.0 Å². The Bertz CT molecular complexity index is 570. The summed E-state index contributed by atoms with van der Waals surface area (Å²) in [6, 6.07) is 12.6. The van der Waals surface area contributed by atoms with Gasteiger partial charge in [0.05, 0.1) is 6.61 Å². The SMILES string of the molecule is Cc1cc(C)cc(N(C)c2ccc(CO)cc2C)c1. The van der Waals surface area contributed by atoms with Gasteiger partial charge in [0.25, 0.3) is 0 Å². The Balaban J connectivity index is 2.40. The number of rotatable bonds is 3. The summed E-state index contributed by atoms with van der Waals surface area (Å²) in [5, 5.41) is 9.17. The van der Waals surface area contributed by atoms with Crippen molar-refractivity contribution in [2.45, 2.75) is 27.4 Å². The molecule has 0 fully saturated rings. The van der Waals surface area contributed by atoms with Gasteiger partial charge in [-0.25, -0.2) is 0 Å². The van der Waals surface area contributed by atoms with Gasteiger partial charge in [-0.15, -0.1) is 0 Å². The van der Waals surface area contributed by atoms with Crippen molar-refractivity contribution in [1.82, 2.24) is 0 Å². The lowest BCUT2D eigenvalue weighted by Gasteiger charge is -2.23. The van der Waals surface area contributed by atoms with E-state index in [-0.39, 0.29) is 6.61 Å². The molecule has 0 spiro atoms. The van der Waals surface area contributed by atoms with E-state index in [0.717, 1.165) is 5.56 Å². The fourth-order valence-corrected chi connectivity index (χ4v) is 2.48. The van der Waals surface area contributed by atoms with Gasteiger partial charge in [0.2, 0.25) is 0 Å². The van der Waals surface area contributed by atoms with Crippen molar-refractivity contribution in [3.63, 3.8) is 0 Å². The minimum atomic E-state index is 0.0917. The quantitative estimate of drug-likeness (QED) is 0.900. The van der Waals surface area contributed by atoms with Gasteiger partial charge in [0.1, 0.15) is 0 Å². The summed E-state index contributed by atoms with van der Waals surface area (Å²) in [6.07, 6.45) is 0. The van der Waals surface area contributed by atoms with E-state index in [1.165, 1.54) is 28.1 Å². The van der Waals surface area contributed by atoms with E-state index in [1.807, 2.05) is 12.1 Å². The van der Waals surface area contributed by atoms with Gasteiger partial charge >= 0.3 is 0 Å². The van der Waals surface area contributed by atoms with Crippen LogP contribution in [0.4, 0.5) is 11.4 Å². The molecule has 0 aliphatic heterocycles. The molecule has 0 atom stereocenters. The second kappa shape index (κ2) is 5.45. The molecule has 2 rings (SSSR count). The van der Waals surface area contributed by atoms with Gasteiger partial charge < -0.3 is 10.0 Å². The van der Waals surface area contributed by atoms with Crippen LogP contribution in [0, 0.1) is 20.8 Å². The van der Waals surface area contributed by atoms with E-state index < -0.39 is 0 Å². The number of aliphatic hydroxyl groups is 1. The van der Waals surface area contributed by atoms with Crippen LogP contribution in [0.25, 0.3) is 0 Å². The molecule has 0 saturated carbocycles. The summed E-state index contributed by atoms with van der Waals surface area (Å²) < 4.78 is 0. The number of hydrogen-bond donors (Lipinski definition) is 1. The maximum Gasteiger partial charge on any atom is 0.0681 e. The smallest absolute Gasteiger partial charge is 0.0681 e. The normalized spacial score (nSPS) is 10.6. The Kier molecular flexibility index (Phi) is 3.91. The first-order valence-corrected chi connectivity index (χ1v) is 6.53. The number of hydrogen-bond acceptors (Lipinski definition) is 2. The minimum Gasteiger partial charge on any atom is -0.392 e. The Morgan fingerprint density at radius 3 is 2.11 bits per heavy atom. The summed E-state index contributed by atoms with van der Waals surface area (Å²) in [4.78, 5) is 2.19. The van der Waals surface area contributed by atoms with Gasteiger partial charge in [-0.3, -0.25) is 0 Å². The van der Waals surface area contributed by atoms with Crippen molar-refractivity contribution in [3.05, 3.63) is 58.7 Å². The molecule has 0 bridgehead atoms. The number of aliphatic hydroxyl groups excluding tert-OH is 1. The van der Waals surface area contributed by atoms with Crippen LogP contribution in [-0.4, -0.2) is 12.2 Å². The summed E-state index contributed by atoms with van der Waals surface area (Å²) in [6.45, 7) is 6.40. The molecule has 0 radical (unpaired) electrons. The third-order valence-corrected chi connectivity index (χ3v) is 3.40. The molecule has 0 aliphatic carbocycles. The maximum absolute atomic E-state index is 9.17. The Morgan fingerprint density at radius 1 is 0.947 bits per heavy atom. The van der Waals surface area contributed by atoms with Crippen LogP contribution in [0.3, 0.4) is 0 Å². The van der Waals surface area contributed by atoms with Crippen molar-refractivity contribution in [2.24, 2.45) is 0 Å². The zero-order chi connectivity index (χ0) is 14.0. The van der Waals surface area contributed by atoms with E-state index in [9.17, 15) is 0 Å². The molecule has 0 amide bonds. The second-order valence-electron chi connectivity index (χ2n) is 5.18. The van der Waals surface area contributed by atoms with E-state index >= 15 is 0 Å². The van der Waals surface area contributed by atoms with Gasteiger partial charge in [-0.2, -0.15) is 0 Å². The average molecular weight is 255 g/mol. The monoisotopic (exact) mass is 255 g/mol. The highest BCUT2D eigenvalue weighted by Crippen LogP contribution is 2.28. The van der Waals surface area contributed by atoms with Crippen molar-refractivity contribution < 1.29 is 5.11 Å². The lowest BCUT2D eigenvalue weighted by atomic mass is 10.1. The topological polar surface area (TPSA) is 23.5 Å². The van der Waals surface area contributed by atoms with Crippen molar-refractivity contribution in [1.29, 1.82) is 0 Å². The van der Waals surface area contributed by atoms with Crippen molar-refractivity contribution in [3.8, 4) is 0 Å². The molecular formula is C17H21NO. The standard InChI is InChI=1S/C17H21NO/c1-12-7-13(2)9-16(8-12)18(4)17-6-5-15(11-19)10-14(17)3/h5-10,19H,11H2,1-4H3. The first kappa shape index (κ1) is 13.6. The highest BCUT2D eigenvalue weighted by molar-refractivity contribution is 5.67. The van der Waals surface area contributed by atoms with Crippen LogP contribution < -0.4 is 4.90 Å². The highest BCUT2D eigenvalue weighted by Gasteiger charge is 2.08. The summed E-state index contributed by atoms with van der Waals surface area (Å²) >= 11 is 0. The first-order chi connectivity index (χ1) is 9.01. The van der Waals surface area contributed by atoms with Crippen LogP contribution in [0.1, 0.15) is 22.3 Å². The van der Waals surface area contributed by atoms with Crippen LogP contribution in [0.15, 0.2) is 36.4 Å². The largest absolute Gasteiger partial charge is 0.392 e. The predicted octanol–water partition coefficient (Wildman–Crippen LogP) is 3.87. The average Bonchev–Trinajstić information content (AvgIpc) is 2.36. The van der Waals surface area contributed by atoms with Crippen LogP contribution in [0.5, 0.6) is 0 Å². The number of anilines is 2. The molecule has 19 heavy (non-hydrogen) atoms.